The molecule has 2 atom stereocenters. The molecule has 0 aromatic heterocycles. The quantitative estimate of drug-likeness (QED) is 0.753. The first-order valence-corrected chi connectivity index (χ1v) is 6.19. The number of hydrogen-bond donors (Lipinski definition) is 2. The fraction of sp³-hybridized carbons (Fsp3) is 0.750. The maximum atomic E-state index is 12.0. The zero-order valence-electron chi connectivity index (χ0n) is 11.2. The van der Waals surface area contributed by atoms with E-state index in [4.69, 9.17) is 10.00 Å². The highest BCUT2D eigenvalue weighted by Gasteiger charge is 2.47. The smallest absolute Gasteiger partial charge is 0.317 e. The molecule has 0 aromatic rings. The molecular weight excluding hydrogens is 250 g/mol. The molecule has 1 saturated heterocycles. The molecule has 19 heavy (non-hydrogen) atoms. The number of carbonyl (C=O) groups excluding carboxylic acids is 1. The van der Waals surface area contributed by atoms with Crippen LogP contribution in [0.2, 0.25) is 0 Å². The number of carboxylic acid groups (broad SMARTS) is 1. The van der Waals surface area contributed by atoms with E-state index in [1.807, 2.05) is 6.07 Å². The van der Waals surface area contributed by atoms with Crippen LogP contribution in [0.5, 0.6) is 0 Å². The van der Waals surface area contributed by atoms with Gasteiger partial charge in [0.25, 0.3) is 0 Å². The van der Waals surface area contributed by atoms with Gasteiger partial charge in [0.05, 0.1) is 31.7 Å². The van der Waals surface area contributed by atoms with Gasteiger partial charge in [-0.05, 0) is 13.8 Å². The summed E-state index contributed by atoms with van der Waals surface area (Å²) < 4.78 is 5.16. The van der Waals surface area contributed by atoms with Crippen molar-refractivity contribution in [2.45, 2.75) is 26.3 Å². The minimum absolute atomic E-state index is 0.0810. The highest BCUT2D eigenvalue weighted by atomic mass is 16.5. The van der Waals surface area contributed by atoms with E-state index >= 15 is 0 Å². The highest BCUT2D eigenvalue weighted by Crippen LogP contribution is 2.28. The van der Waals surface area contributed by atoms with Crippen molar-refractivity contribution < 1.29 is 19.4 Å². The molecule has 1 aliphatic rings. The van der Waals surface area contributed by atoms with E-state index in [9.17, 15) is 14.7 Å². The van der Waals surface area contributed by atoms with E-state index in [2.05, 4.69) is 5.32 Å². The maximum Gasteiger partial charge on any atom is 0.317 e. The standard InChI is InChI=1S/C12H19N3O4/c1-3-15(6-4-5-13)11(18)14-9-7-19-8-12(9,2)10(16)17/h9H,3-4,6-8H2,1-2H3,(H,14,18)(H,16,17). The fourth-order valence-corrected chi connectivity index (χ4v) is 1.91. The van der Waals surface area contributed by atoms with Crippen molar-refractivity contribution in [2.24, 2.45) is 5.41 Å². The zero-order chi connectivity index (χ0) is 14.5. The number of amides is 2. The van der Waals surface area contributed by atoms with Crippen LogP contribution in [0.15, 0.2) is 0 Å². The van der Waals surface area contributed by atoms with Crippen LogP contribution in [0.25, 0.3) is 0 Å². The number of urea groups is 1. The molecule has 106 valence electrons. The topological polar surface area (TPSA) is 103 Å². The van der Waals surface area contributed by atoms with Gasteiger partial charge < -0.3 is 20.1 Å². The molecule has 0 spiro atoms. The van der Waals surface area contributed by atoms with E-state index in [0.29, 0.717) is 13.1 Å². The summed E-state index contributed by atoms with van der Waals surface area (Å²) in [6.45, 7) is 4.42. The second-order valence-corrected chi connectivity index (χ2v) is 4.73. The van der Waals surface area contributed by atoms with Gasteiger partial charge in [-0.15, -0.1) is 0 Å². The summed E-state index contributed by atoms with van der Waals surface area (Å²) in [7, 11) is 0. The van der Waals surface area contributed by atoms with Gasteiger partial charge in [0, 0.05) is 13.1 Å². The van der Waals surface area contributed by atoms with Crippen LogP contribution in [-0.2, 0) is 9.53 Å². The minimum Gasteiger partial charge on any atom is -0.481 e. The first-order valence-electron chi connectivity index (χ1n) is 6.19. The first kappa shape index (κ1) is 15.2. The molecule has 1 aliphatic heterocycles. The third-order valence-electron chi connectivity index (χ3n) is 3.40. The van der Waals surface area contributed by atoms with Gasteiger partial charge >= 0.3 is 12.0 Å². The molecule has 0 radical (unpaired) electrons. The van der Waals surface area contributed by atoms with Gasteiger partial charge in [-0.2, -0.15) is 5.26 Å². The predicted molar refractivity (Wildman–Crippen MR) is 66.4 cm³/mol. The van der Waals surface area contributed by atoms with Gasteiger partial charge in [-0.3, -0.25) is 4.79 Å². The van der Waals surface area contributed by atoms with Crippen molar-refractivity contribution in [3.05, 3.63) is 0 Å². The first-order chi connectivity index (χ1) is 8.95. The Balaban J connectivity index is 2.65. The Kier molecular flexibility index (Phi) is 5.12. The number of ether oxygens (including phenoxy) is 1. The number of rotatable bonds is 5. The SMILES string of the molecule is CCN(CCC#N)C(=O)NC1COCC1(C)C(=O)O. The average Bonchev–Trinajstić information content (AvgIpc) is 2.73. The highest BCUT2D eigenvalue weighted by molar-refractivity contribution is 5.79. The lowest BCUT2D eigenvalue weighted by Gasteiger charge is -2.28. The molecule has 7 heteroatoms. The van der Waals surface area contributed by atoms with E-state index in [-0.39, 0.29) is 25.7 Å². The normalized spacial score (nSPS) is 25.6. The van der Waals surface area contributed by atoms with Gasteiger partial charge in [0.15, 0.2) is 0 Å². The Labute approximate surface area is 112 Å². The number of carbonyl (C=O) groups is 2. The lowest BCUT2D eigenvalue weighted by Crippen LogP contribution is -2.53. The summed E-state index contributed by atoms with van der Waals surface area (Å²) in [5, 5.41) is 20.4. The molecule has 2 N–H and O–H groups in total. The summed E-state index contributed by atoms with van der Waals surface area (Å²) in [5.74, 6) is -0.990. The number of nitrogens with zero attached hydrogens (tertiary/aromatic N) is 2. The molecule has 1 heterocycles. The van der Waals surface area contributed by atoms with Crippen LogP contribution in [0.3, 0.4) is 0 Å². The summed E-state index contributed by atoms with van der Waals surface area (Å²) in [6, 6.07) is 1.05. The summed E-state index contributed by atoms with van der Waals surface area (Å²) in [4.78, 5) is 24.7. The molecule has 0 saturated carbocycles. The van der Waals surface area contributed by atoms with Crippen molar-refractivity contribution in [1.82, 2.24) is 10.2 Å². The molecule has 7 nitrogen and oxygen atoms in total. The molecule has 1 fully saturated rings. The molecule has 1 rings (SSSR count). The van der Waals surface area contributed by atoms with Crippen LogP contribution in [0, 0.1) is 16.7 Å². The maximum absolute atomic E-state index is 12.0. The largest absolute Gasteiger partial charge is 0.481 e. The molecular formula is C12H19N3O4. The Bertz CT molecular complexity index is 393. The number of carboxylic acids is 1. The van der Waals surface area contributed by atoms with Crippen LogP contribution < -0.4 is 5.32 Å². The minimum atomic E-state index is -1.11. The number of aliphatic carboxylic acids is 1. The Morgan fingerprint density at radius 2 is 2.32 bits per heavy atom. The molecule has 2 unspecified atom stereocenters. The molecule has 0 bridgehead atoms. The summed E-state index contributed by atoms with van der Waals surface area (Å²) in [6.07, 6.45) is 0.249. The zero-order valence-corrected chi connectivity index (χ0v) is 11.2. The molecule has 0 aliphatic carbocycles. The molecule has 0 aromatic carbocycles. The van der Waals surface area contributed by atoms with Crippen LogP contribution in [-0.4, -0.2) is 54.4 Å². The predicted octanol–water partition coefficient (Wildman–Crippen LogP) is 0.421. The lowest BCUT2D eigenvalue weighted by atomic mass is 9.85. The average molecular weight is 269 g/mol. The number of hydrogen-bond acceptors (Lipinski definition) is 4. The van der Waals surface area contributed by atoms with Crippen molar-refractivity contribution in [2.75, 3.05) is 26.3 Å². The summed E-state index contributed by atoms with van der Waals surface area (Å²) in [5.41, 5.74) is -1.11. The monoisotopic (exact) mass is 269 g/mol. The fourth-order valence-electron chi connectivity index (χ4n) is 1.91. The number of nitrogens with one attached hydrogen (secondary N) is 1. The van der Waals surface area contributed by atoms with Crippen LogP contribution >= 0.6 is 0 Å². The van der Waals surface area contributed by atoms with Gasteiger partial charge in [0.1, 0.15) is 5.41 Å². The molecule has 2 amide bonds. The Morgan fingerprint density at radius 1 is 1.63 bits per heavy atom. The van der Waals surface area contributed by atoms with E-state index < -0.39 is 17.4 Å². The third-order valence-corrected chi connectivity index (χ3v) is 3.40. The van der Waals surface area contributed by atoms with E-state index in [1.54, 1.807) is 13.8 Å². The van der Waals surface area contributed by atoms with E-state index in [1.165, 1.54) is 4.90 Å². The van der Waals surface area contributed by atoms with Gasteiger partial charge in [-0.25, -0.2) is 4.79 Å². The van der Waals surface area contributed by atoms with Gasteiger partial charge in [-0.1, -0.05) is 0 Å². The third kappa shape index (κ3) is 3.35. The van der Waals surface area contributed by atoms with E-state index in [0.717, 1.165) is 0 Å². The van der Waals surface area contributed by atoms with Crippen LogP contribution in [0.4, 0.5) is 4.79 Å². The van der Waals surface area contributed by atoms with Crippen molar-refractivity contribution in [1.29, 1.82) is 5.26 Å². The Hall–Kier alpha value is -1.81. The van der Waals surface area contributed by atoms with Crippen molar-refractivity contribution in [3.63, 3.8) is 0 Å². The number of nitriles is 1. The summed E-state index contributed by atoms with van der Waals surface area (Å²) >= 11 is 0. The lowest BCUT2D eigenvalue weighted by molar-refractivity contribution is -0.148. The second-order valence-electron chi connectivity index (χ2n) is 4.73. The Morgan fingerprint density at radius 3 is 2.84 bits per heavy atom. The van der Waals surface area contributed by atoms with Crippen LogP contribution in [0.1, 0.15) is 20.3 Å². The van der Waals surface area contributed by atoms with Crippen molar-refractivity contribution >= 4 is 12.0 Å². The second kappa shape index (κ2) is 6.38. The van der Waals surface area contributed by atoms with Crippen molar-refractivity contribution in [3.8, 4) is 6.07 Å². The van der Waals surface area contributed by atoms with Gasteiger partial charge in [0.2, 0.25) is 0 Å².